The summed E-state index contributed by atoms with van der Waals surface area (Å²) < 4.78 is 0. The highest BCUT2D eigenvalue weighted by Crippen LogP contribution is 2.28. The SMILES string of the molecule is NCC(c1ccccc1Cl)C(O)CCCc1ccccc1. The average Bonchev–Trinajstić information content (AvgIpc) is 2.51. The minimum Gasteiger partial charge on any atom is -0.392 e. The van der Waals surface area contributed by atoms with Gasteiger partial charge in [-0.2, -0.15) is 0 Å². The zero-order valence-electron chi connectivity index (χ0n) is 12.1. The van der Waals surface area contributed by atoms with E-state index >= 15 is 0 Å². The van der Waals surface area contributed by atoms with Crippen molar-refractivity contribution < 1.29 is 5.11 Å². The van der Waals surface area contributed by atoms with Crippen LogP contribution in [0.15, 0.2) is 54.6 Å². The van der Waals surface area contributed by atoms with E-state index in [0.29, 0.717) is 11.6 Å². The molecular weight excluding hydrogens is 282 g/mol. The van der Waals surface area contributed by atoms with Gasteiger partial charge in [-0.15, -0.1) is 0 Å². The van der Waals surface area contributed by atoms with E-state index in [1.165, 1.54) is 5.56 Å². The van der Waals surface area contributed by atoms with Crippen molar-refractivity contribution in [2.45, 2.75) is 31.3 Å². The van der Waals surface area contributed by atoms with Crippen LogP contribution in [0.3, 0.4) is 0 Å². The Morgan fingerprint density at radius 2 is 1.67 bits per heavy atom. The Bertz CT molecular complexity index is 544. The summed E-state index contributed by atoms with van der Waals surface area (Å²) >= 11 is 6.21. The highest BCUT2D eigenvalue weighted by Gasteiger charge is 2.21. The molecule has 0 radical (unpaired) electrons. The van der Waals surface area contributed by atoms with Crippen LogP contribution in [0.25, 0.3) is 0 Å². The fourth-order valence-electron chi connectivity index (χ4n) is 2.63. The maximum absolute atomic E-state index is 10.4. The Morgan fingerprint density at radius 1 is 1.00 bits per heavy atom. The van der Waals surface area contributed by atoms with Crippen molar-refractivity contribution in [2.24, 2.45) is 5.73 Å². The predicted octanol–water partition coefficient (Wildman–Crippen LogP) is 3.77. The summed E-state index contributed by atoms with van der Waals surface area (Å²) in [5.74, 6) is -0.102. The van der Waals surface area contributed by atoms with E-state index in [2.05, 4.69) is 12.1 Å². The van der Waals surface area contributed by atoms with Gasteiger partial charge in [0.1, 0.15) is 0 Å². The lowest BCUT2D eigenvalue weighted by Crippen LogP contribution is -2.26. The van der Waals surface area contributed by atoms with Crippen LogP contribution in [0.5, 0.6) is 0 Å². The van der Waals surface area contributed by atoms with Crippen LogP contribution in [-0.2, 0) is 6.42 Å². The van der Waals surface area contributed by atoms with E-state index in [-0.39, 0.29) is 5.92 Å². The van der Waals surface area contributed by atoms with Gasteiger partial charge in [0.2, 0.25) is 0 Å². The molecule has 3 heteroatoms. The molecule has 0 saturated heterocycles. The van der Waals surface area contributed by atoms with Gasteiger partial charge >= 0.3 is 0 Å². The Kier molecular flexibility index (Phi) is 6.24. The fourth-order valence-corrected chi connectivity index (χ4v) is 2.90. The molecule has 2 unspecified atom stereocenters. The Morgan fingerprint density at radius 3 is 2.33 bits per heavy atom. The second kappa shape index (κ2) is 8.18. The maximum atomic E-state index is 10.4. The quantitative estimate of drug-likeness (QED) is 0.818. The van der Waals surface area contributed by atoms with Crippen LogP contribution >= 0.6 is 11.6 Å². The van der Waals surface area contributed by atoms with Crippen molar-refractivity contribution in [3.63, 3.8) is 0 Å². The third-order valence-electron chi connectivity index (χ3n) is 3.83. The summed E-state index contributed by atoms with van der Waals surface area (Å²) in [7, 11) is 0. The minimum atomic E-state index is -0.460. The predicted molar refractivity (Wildman–Crippen MR) is 88.6 cm³/mol. The van der Waals surface area contributed by atoms with Gasteiger partial charge < -0.3 is 10.8 Å². The van der Waals surface area contributed by atoms with Gasteiger partial charge in [-0.3, -0.25) is 0 Å². The normalized spacial score (nSPS) is 13.9. The third-order valence-corrected chi connectivity index (χ3v) is 4.18. The molecule has 0 saturated carbocycles. The van der Waals surface area contributed by atoms with Crippen molar-refractivity contribution in [1.82, 2.24) is 0 Å². The summed E-state index contributed by atoms with van der Waals surface area (Å²) in [4.78, 5) is 0. The van der Waals surface area contributed by atoms with Crippen molar-refractivity contribution in [2.75, 3.05) is 6.54 Å². The Balaban J connectivity index is 1.92. The Hall–Kier alpha value is -1.35. The van der Waals surface area contributed by atoms with E-state index < -0.39 is 6.10 Å². The van der Waals surface area contributed by atoms with Crippen LogP contribution < -0.4 is 5.73 Å². The van der Waals surface area contributed by atoms with Gasteiger partial charge in [-0.25, -0.2) is 0 Å². The molecule has 0 fully saturated rings. The number of benzene rings is 2. The van der Waals surface area contributed by atoms with E-state index in [1.54, 1.807) is 0 Å². The number of hydrogen-bond donors (Lipinski definition) is 2. The molecule has 2 rings (SSSR count). The summed E-state index contributed by atoms with van der Waals surface area (Å²) in [5.41, 5.74) is 8.08. The first kappa shape index (κ1) is 16.0. The van der Waals surface area contributed by atoms with Crippen LogP contribution in [0.4, 0.5) is 0 Å². The minimum absolute atomic E-state index is 0.102. The molecule has 2 atom stereocenters. The molecule has 21 heavy (non-hydrogen) atoms. The van der Waals surface area contributed by atoms with Crippen LogP contribution in [0.1, 0.15) is 29.9 Å². The summed E-state index contributed by atoms with van der Waals surface area (Å²) in [6, 6.07) is 17.9. The summed E-state index contributed by atoms with van der Waals surface area (Å²) in [5, 5.41) is 11.1. The first-order valence-electron chi connectivity index (χ1n) is 7.39. The molecule has 0 aromatic heterocycles. The smallest absolute Gasteiger partial charge is 0.0621 e. The van der Waals surface area contributed by atoms with Gasteiger partial charge in [-0.1, -0.05) is 60.1 Å². The fraction of sp³-hybridized carbons (Fsp3) is 0.333. The van der Waals surface area contributed by atoms with E-state index in [4.69, 9.17) is 17.3 Å². The van der Waals surface area contributed by atoms with Gasteiger partial charge in [0.15, 0.2) is 0 Å². The van der Waals surface area contributed by atoms with E-state index in [9.17, 15) is 5.11 Å². The molecule has 0 spiro atoms. The highest BCUT2D eigenvalue weighted by atomic mass is 35.5. The average molecular weight is 304 g/mol. The van der Waals surface area contributed by atoms with E-state index in [1.807, 2.05) is 42.5 Å². The molecule has 2 aromatic carbocycles. The van der Waals surface area contributed by atoms with Crippen molar-refractivity contribution in [3.05, 3.63) is 70.7 Å². The van der Waals surface area contributed by atoms with Crippen molar-refractivity contribution in [3.8, 4) is 0 Å². The number of aliphatic hydroxyl groups is 1. The topological polar surface area (TPSA) is 46.2 Å². The molecule has 0 aliphatic heterocycles. The molecule has 0 heterocycles. The first-order chi connectivity index (χ1) is 10.2. The molecule has 0 aliphatic rings. The summed E-state index contributed by atoms with van der Waals surface area (Å²) in [6.45, 7) is 0.399. The lowest BCUT2D eigenvalue weighted by atomic mass is 9.90. The molecule has 0 aliphatic carbocycles. The monoisotopic (exact) mass is 303 g/mol. The zero-order chi connectivity index (χ0) is 15.1. The van der Waals surface area contributed by atoms with Crippen LogP contribution in [0.2, 0.25) is 5.02 Å². The molecule has 3 N–H and O–H groups in total. The molecule has 0 bridgehead atoms. The molecule has 2 nitrogen and oxygen atoms in total. The lowest BCUT2D eigenvalue weighted by molar-refractivity contribution is 0.133. The molecule has 2 aromatic rings. The number of aryl methyl sites for hydroxylation is 1. The Labute approximate surface area is 131 Å². The summed E-state index contributed by atoms with van der Waals surface area (Å²) in [6.07, 6.45) is 2.17. The van der Waals surface area contributed by atoms with Gasteiger partial charge in [0, 0.05) is 17.5 Å². The van der Waals surface area contributed by atoms with Gasteiger partial charge in [0.05, 0.1) is 6.10 Å². The number of nitrogens with two attached hydrogens (primary N) is 1. The largest absolute Gasteiger partial charge is 0.392 e. The molecule has 0 amide bonds. The second-order valence-electron chi connectivity index (χ2n) is 5.31. The number of rotatable bonds is 7. The van der Waals surface area contributed by atoms with Gasteiger partial charge in [0.25, 0.3) is 0 Å². The third kappa shape index (κ3) is 4.57. The number of aliphatic hydroxyl groups excluding tert-OH is 1. The van der Waals surface area contributed by atoms with Crippen LogP contribution in [-0.4, -0.2) is 17.8 Å². The number of halogens is 1. The zero-order valence-corrected chi connectivity index (χ0v) is 12.8. The standard InChI is InChI=1S/C18H22ClNO/c19-17-11-5-4-10-15(17)16(13-20)18(21)12-6-9-14-7-2-1-3-8-14/h1-5,7-8,10-11,16,18,21H,6,9,12-13,20H2. The van der Waals surface area contributed by atoms with Gasteiger partial charge in [-0.05, 0) is 36.5 Å². The lowest BCUT2D eigenvalue weighted by Gasteiger charge is -2.23. The number of hydrogen-bond acceptors (Lipinski definition) is 2. The van der Waals surface area contributed by atoms with Crippen LogP contribution in [0, 0.1) is 0 Å². The van der Waals surface area contributed by atoms with E-state index in [0.717, 1.165) is 24.8 Å². The molecule has 112 valence electrons. The first-order valence-corrected chi connectivity index (χ1v) is 7.76. The second-order valence-corrected chi connectivity index (χ2v) is 5.72. The maximum Gasteiger partial charge on any atom is 0.0621 e. The van der Waals surface area contributed by atoms with Crippen molar-refractivity contribution in [1.29, 1.82) is 0 Å². The molecular formula is C18H22ClNO. The van der Waals surface area contributed by atoms with Crippen molar-refractivity contribution >= 4 is 11.6 Å². The highest BCUT2D eigenvalue weighted by molar-refractivity contribution is 6.31.